The van der Waals surface area contributed by atoms with Crippen molar-refractivity contribution in [3.05, 3.63) is 72.1 Å². The highest BCUT2D eigenvalue weighted by Crippen LogP contribution is 2.25. The maximum absolute atomic E-state index is 13.2. The van der Waals surface area contributed by atoms with Gasteiger partial charge in [0.05, 0.1) is 36.7 Å². The molecule has 1 heterocycles. The second-order valence-electron chi connectivity index (χ2n) is 9.15. The highest BCUT2D eigenvalue weighted by Gasteiger charge is 2.43. The number of carbonyl (C=O) groups excluding carboxylic acids is 2. The van der Waals surface area contributed by atoms with Crippen LogP contribution < -0.4 is 9.47 Å². The third-order valence-electron chi connectivity index (χ3n) is 5.81. The molecular weight excluding hydrogens is 541 g/mol. The van der Waals surface area contributed by atoms with Crippen LogP contribution in [0.1, 0.15) is 66.7 Å². The van der Waals surface area contributed by atoms with E-state index in [-0.39, 0.29) is 23.5 Å². The summed E-state index contributed by atoms with van der Waals surface area (Å²) in [5.74, 6) is -0.677. The fourth-order valence-corrected chi connectivity index (χ4v) is 3.57. The molecule has 11 heteroatoms. The van der Waals surface area contributed by atoms with Gasteiger partial charge in [-0.15, -0.1) is 0 Å². The van der Waals surface area contributed by atoms with Gasteiger partial charge >= 0.3 is 18.1 Å². The number of ether oxygens (including phenoxy) is 4. The van der Waals surface area contributed by atoms with Crippen LogP contribution in [-0.2, 0) is 9.47 Å². The molecular formula is C30H33F3N2O6. The van der Waals surface area contributed by atoms with E-state index in [9.17, 15) is 22.8 Å². The second kappa shape index (κ2) is 15.7. The van der Waals surface area contributed by atoms with Gasteiger partial charge in [0.2, 0.25) is 6.10 Å². The van der Waals surface area contributed by atoms with Gasteiger partial charge in [-0.3, -0.25) is 0 Å². The quantitative estimate of drug-likeness (QED) is 0.111. The van der Waals surface area contributed by atoms with Crippen molar-refractivity contribution < 1.29 is 41.7 Å². The molecule has 0 aliphatic carbocycles. The van der Waals surface area contributed by atoms with Crippen LogP contribution in [0.3, 0.4) is 0 Å². The summed E-state index contributed by atoms with van der Waals surface area (Å²) in [5.41, 5.74) is 0.812. The van der Waals surface area contributed by atoms with Gasteiger partial charge in [0.25, 0.3) is 0 Å². The van der Waals surface area contributed by atoms with Crippen LogP contribution in [0.15, 0.2) is 60.9 Å². The Morgan fingerprint density at radius 2 is 1.41 bits per heavy atom. The Balaban J connectivity index is 1.53. The summed E-state index contributed by atoms with van der Waals surface area (Å²) in [4.78, 5) is 33.4. The summed E-state index contributed by atoms with van der Waals surface area (Å²) in [7, 11) is 0. The normalized spacial score (nSPS) is 12.0. The van der Waals surface area contributed by atoms with Gasteiger partial charge in [-0.25, -0.2) is 19.6 Å². The average molecular weight is 575 g/mol. The number of benzene rings is 2. The summed E-state index contributed by atoms with van der Waals surface area (Å²) in [6, 6.07) is 11.5. The largest absolute Gasteiger partial charge is 0.490 e. The summed E-state index contributed by atoms with van der Waals surface area (Å²) >= 11 is 0. The molecule has 1 unspecified atom stereocenters. The number of halogens is 3. The maximum atomic E-state index is 13.2. The van der Waals surface area contributed by atoms with Crippen LogP contribution in [0.5, 0.6) is 11.5 Å². The summed E-state index contributed by atoms with van der Waals surface area (Å²) in [6.07, 6.45) is 1.00. The summed E-state index contributed by atoms with van der Waals surface area (Å²) in [6.45, 7) is 3.84. The fraction of sp³-hybridized carbons (Fsp3) is 0.400. The Kier molecular flexibility index (Phi) is 12.1. The average Bonchev–Trinajstić information content (AvgIpc) is 2.97. The van der Waals surface area contributed by atoms with E-state index in [1.165, 1.54) is 30.7 Å². The van der Waals surface area contributed by atoms with Crippen molar-refractivity contribution in [2.75, 3.05) is 19.8 Å². The van der Waals surface area contributed by atoms with E-state index in [2.05, 4.69) is 21.6 Å². The SMILES string of the molecule is CCCCCCOc1cnc(-c2ccc(C(=O)Oc3ccc(C(=O)OC(COCCC)C(F)(F)F)cc3)cc2)nc1. The Morgan fingerprint density at radius 1 is 0.780 bits per heavy atom. The molecule has 0 bridgehead atoms. The Labute approximate surface area is 236 Å². The monoisotopic (exact) mass is 574 g/mol. The van der Waals surface area contributed by atoms with Gasteiger partial charge in [-0.1, -0.05) is 45.2 Å². The van der Waals surface area contributed by atoms with Crippen LogP contribution in [0.4, 0.5) is 13.2 Å². The molecule has 2 aromatic carbocycles. The topological polar surface area (TPSA) is 96.8 Å². The molecule has 0 spiro atoms. The van der Waals surface area contributed by atoms with E-state index >= 15 is 0 Å². The second-order valence-corrected chi connectivity index (χ2v) is 9.15. The van der Waals surface area contributed by atoms with E-state index in [4.69, 9.17) is 14.2 Å². The lowest BCUT2D eigenvalue weighted by Gasteiger charge is -2.20. The Hall–Kier alpha value is -3.99. The molecule has 1 aromatic heterocycles. The van der Waals surface area contributed by atoms with Gasteiger partial charge in [0, 0.05) is 12.2 Å². The summed E-state index contributed by atoms with van der Waals surface area (Å²) < 4.78 is 60.0. The predicted molar refractivity (Wildman–Crippen MR) is 145 cm³/mol. The highest BCUT2D eigenvalue weighted by molar-refractivity contribution is 5.92. The minimum Gasteiger partial charge on any atom is -0.490 e. The maximum Gasteiger partial charge on any atom is 0.427 e. The van der Waals surface area contributed by atoms with E-state index in [0.29, 0.717) is 30.2 Å². The minimum atomic E-state index is -4.77. The number of rotatable bonds is 15. The lowest BCUT2D eigenvalue weighted by molar-refractivity contribution is -0.217. The first kappa shape index (κ1) is 31.5. The number of hydrogen-bond acceptors (Lipinski definition) is 8. The smallest absolute Gasteiger partial charge is 0.427 e. The minimum absolute atomic E-state index is 0.0999. The number of aromatic nitrogens is 2. The van der Waals surface area contributed by atoms with Gasteiger partial charge < -0.3 is 18.9 Å². The molecule has 0 saturated carbocycles. The standard InChI is InChI=1S/C30H33F3N2O6/c1-3-5-6-7-17-39-25-18-34-27(35-19-25)21-8-10-22(11-9-21)28(36)40-24-14-12-23(13-15-24)29(37)41-26(30(31,32)33)20-38-16-4-2/h8-15,18-19,26H,3-7,16-17,20H2,1-2H3. The molecule has 0 radical (unpaired) electrons. The van der Waals surface area contributed by atoms with Crippen LogP contribution >= 0.6 is 0 Å². The molecule has 8 nitrogen and oxygen atoms in total. The van der Waals surface area contributed by atoms with Crippen molar-refractivity contribution in [2.45, 2.75) is 58.2 Å². The van der Waals surface area contributed by atoms with Crippen molar-refractivity contribution in [1.82, 2.24) is 9.97 Å². The zero-order valence-electron chi connectivity index (χ0n) is 23.0. The molecule has 220 valence electrons. The molecule has 0 amide bonds. The number of hydrogen-bond donors (Lipinski definition) is 0. The van der Waals surface area contributed by atoms with Crippen molar-refractivity contribution >= 4 is 11.9 Å². The highest BCUT2D eigenvalue weighted by atomic mass is 19.4. The molecule has 0 aliphatic rings. The molecule has 1 atom stereocenters. The van der Waals surface area contributed by atoms with Gasteiger partial charge in [-0.05, 0) is 49.2 Å². The van der Waals surface area contributed by atoms with Crippen molar-refractivity contribution in [2.24, 2.45) is 0 Å². The van der Waals surface area contributed by atoms with Gasteiger partial charge in [0.15, 0.2) is 11.6 Å². The van der Waals surface area contributed by atoms with Crippen LogP contribution in [0.25, 0.3) is 11.4 Å². The molecule has 3 aromatic rings. The van der Waals surface area contributed by atoms with Gasteiger partial charge in [0.1, 0.15) is 5.75 Å². The van der Waals surface area contributed by atoms with E-state index in [1.54, 1.807) is 43.6 Å². The van der Waals surface area contributed by atoms with Crippen molar-refractivity contribution in [3.8, 4) is 22.9 Å². The van der Waals surface area contributed by atoms with Crippen molar-refractivity contribution in [3.63, 3.8) is 0 Å². The van der Waals surface area contributed by atoms with Gasteiger partial charge in [-0.2, -0.15) is 13.2 Å². The van der Waals surface area contributed by atoms with Crippen molar-refractivity contribution in [1.29, 1.82) is 0 Å². The predicted octanol–water partition coefficient (Wildman–Crippen LogP) is 6.84. The molecule has 0 saturated heterocycles. The molecule has 3 rings (SSSR count). The third kappa shape index (κ3) is 10.2. The fourth-order valence-electron chi connectivity index (χ4n) is 3.57. The molecule has 41 heavy (non-hydrogen) atoms. The number of unbranched alkanes of at least 4 members (excludes halogenated alkanes) is 3. The lowest BCUT2D eigenvalue weighted by atomic mass is 10.1. The Bertz CT molecular complexity index is 1230. The third-order valence-corrected chi connectivity index (χ3v) is 5.81. The van der Waals surface area contributed by atoms with Crippen LogP contribution in [0, 0.1) is 0 Å². The summed E-state index contributed by atoms with van der Waals surface area (Å²) in [5, 5.41) is 0. The van der Waals surface area contributed by atoms with E-state index in [0.717, 1.165) is 19.3 Å². The lowest BCUT2D eigenvalue weighted by Crippen LogP contribution is -2.38. The first-order chi connectivity index (χ1) is 19.7. The molecule has 0 fully saturated rings. The number of nitrogens with zero attached hydrogens (tertiary/aromatic N) is 2. The zero-order valence-corrected chi connectivity index (χ0v) is 23.0. The first-order valence-corrected chi connectivity index (χ1v) is 13.4. The molecule has 0 aliphatic heterocycles. The first-order valence-electron chi connectivity index (χ1n) is 13.4. The van der Waals surface area contributed by atoms with E-state index < -0.39 is 30.8 Å². The molecule has 0 N–H and O–H groups in total. The Morgan fingerprint density at radius 3 is 2.02 bits per heavy atom. The number of alkyl halides is 3. The van der Waals surface area contributed by atoms with Crippen LogP contribution in [-0.4, -0.2) is 54.0 Å². The van der Waals surface area contributed by atoms with Crippen LogP contribution in [0.2, 0.25) is 0 Å². The van der Waals surface area contributed by atoms with E-state index in [1.807, 2.05) is 0 Å². The number of esters is 2. The zero-order chi connectivity index (χ0) is 29.7. The number of carbonyl (C=O) groups is 2.